The lowest BCUT2D eigenvalue weighted by molar-refractivity contribution is -0.119. The van der Waals surface area contributed by atoms with Crippen molar-refractivity contribution in [2.75, 3.05) is 11.9 Å². The molecule has 0 saturated carbocycles. The summed E-state index contributed by atoms with van der Waals surface area (Å²) >= 11 is 1.21. The number of rotatable bonds is 5. The number of carbonyl (C=O) groups is 2. The number of nitrogens with zero attached hydrogens (tertiary/aromatic N) is 1. The monoisotopic (exact) mass is 384 g/mol. The van der Waals surface area contributed by atoms with Gasteiger partial charge in [-0.1, -0.05) is 36.4 Å². The number of hydrogen-bond donors (Lipinski definition) is 1. The lowest BCUT2D eigenvalue weighted by atomic mass is 10.2. The van der Waals surface area contributed by atoms with E-state index in [1.54, 1.807) is 26.0 Å². The molecule has 3 aromatic rings. The van der Waals surface area contributed by atoms with Gasteiger partial charge in [-0.3, -0.25) is 4.79 Å². The topological polar surface area (TPSA) is 68.3 Å². The Bertz CT molecular complexity index is 986. The molecular weight excluding hydrogens is 367 g/mol. The standard InChI is InChI=1S/C20H17FN2O3S/c1-12-8-9-15(10-16(12)21)23-17(24)11-26-20(25)18-13(2)22-19(27-18)14-6-4-3-5-7-14/h3-10H,11H2,1-2H3,(H,23,24). The number of aryl methyl sites for hydroxylation is 2. The van der Waals surface area contributed by atoms with Gasteiger partial charge >= 0.3 is 5.97 Å². The molecule has 5 nitrogen and oxygen atoms in total. The molecule has 0 saturated heterocycles. The summed E-state index contributed by atoms with van der Waals surface area (Å²) < 4.78 is 18.6. The van der Waals surface area contributed by atoms with Gasteiger partial charge in [0.05, 0.1) is 5.69 Å². The van der Waals surface area contributed by atoms with Crippen LogP contribution in [0.25, 0.3) is 10.6 Å². The summed E-state index contributed by atoms with van der Waals surface area (Å²) in [6, 6.07) is 13.8. The maximum atomic E-state index is 13.5. The fourth-order valence-electron chi connectivity index (χ4n) is 2.35. The van der Waals surface area contributed by atoms with Gasteiger partial charge in [-0.25, -0.2) is 14.2 Å². The van der Waals surface area contributed by atoms with Crippen molar-refractivity contribution in [1.29, 1.82) is 0 Å². The maximum Gasteiger partial charge on any atom is 0.350 e. The molecule has 0 aliphatic heterocycles. The first kappa shape index (κ1) is 18.7. The third kappa shape index (κ3) is 4.57. The van der Waals surface area contributed by atoms with Crippen molar-refractivity contribution in [3.8, 4) is 10.6 Å². The van der Waals surface area contributed by atoms with Crippen molar-refractivity contribution < 1.29 is 18.7 Å². The van der Waals surface area contributed by atoms with Gasteiger partial charge in [0, 0.05) is 11.3 Å². The van der Waals surface area contributed by atoms with Crippen molar-refractivity contribution in [1.82, 2.24) is 4.98 Å². The fraction of sp³-hybridized carbons (Fsp3) is 0.150. The van der Waals surface area contributed by atoms with Gasteiger partial charge in [-0.15, -0.1) is 11.3 Å². The zero-order valence-electron chi connectivity index (χ0n) is 14.8. The average Bonchev–Trinajstić information content (AvgIpc) is 3.05. The molecule has 0 aliphatic rings. The number of carbonyl (C=O) groups excluding carboxylic acids is 2. The average molecular weight is 384 g/mol. The largest absolute Gasteiger partial charge is 0.451 e. The fourth-order valence-corrected chi connectivity index (χ4v) is 3.32. The number of hydrogen-bond acceptors (Lipinski definition) is 5. The van der Waals surface area contributed by atoms with Gasteiger partial charge in [0.25, 0.3) is 5.91 Å². The van der Waals surface area contributed by atoms with E-state index >= 15 is 0 Å². The molecule has 0 atom stereocenters. The van der Waals surface area contributed by atoms with Gasteiger partial charge in [0.1, 0.15) is 15.7 Å². The van der Waals surface area contributed by atoms with Crippen LogP contribution in [0.3, 0.4) is 0 Å². The molecule has 7 heteroatoms. The van der Waals surface area contributed by atoms with Crippen molar-refractivity contribution >= 4 is 28.9 Å². The number of nitrogens with one attached hydrogen (secondary N) is 1. The van der Waals surface area contributed by atoms with Crippen LogP contribution in [-0.4, -0.2) is 23.5 Å². The number of thiazole rings is 1. The first-order chi connectivity index (χ1) is 12.9. The van der Waals surface area contributed by atoms with Crippen LogP contribution in [0.1, 0.15) is 20.9 Å². The van der Waals surface area contributed by atoms with E-state index < -0.39 is 24.3 Å². The van der Waals surface area contributed by atoms with Crippen LogP contribution in [0.2, 0.25) is 0 Å². The molecule has 1 heterocycles. The van der Waals surface area contributed by atoms with Crippen LogP contribution in [-0.2, 0) is 9.53 Å². The Labute approximate surface area is 159 Å². The van der Waals surface area contributed by atoms with Gasteiger partial charge < -0.3 is 10.1 Å². The first-order valence-corrected chi connectivity index (χ1v) is 9.01. The zero-order valence-corrected chi connectivity index (χ0v) is 15.6. The number of anilines is 1. The van der Waals surface area contributed by atoms with Crippen molar-refractivity contribution in [3.05, 3.63) is 70.5 Å². The minimum atomic E-state index is -0.614. The summed E-state index contributed by atoms with van der Waals surface area (Å²) in [6.45, 7) is 2.88. The molecule has 1 amide bonds. The molecule has 0 unspecified atom stereocenters. The molecule has 0 bridgehead atoms. The Balaban J connectivity index is 1.61. The Kier molecular flexibility index (Phi) is 5.61. The second kappa shape index (κ2) is 8.09. The van der Waals surface area contributed by atoms with Crippen LogP contribution in [0, 0.1) is 19.7 Å². The van der Waals surface area contributed by atoms with Gasteiger partial charge in [-0.2, -0.15) is 0 Å². The lowest BCUT2D eigenvalue weighted by Gasteiger charge is -2.07. The van der Waals surface area contributed by atoms with Crippen LogP contribution >= 0.6 is 11.3 Å². The van der Waals surface area contributed by atoms with Crippen molar-refractivity contribution in [2.24, 2.45) is 0 Å². The van der Waals surface area contributed by atoms with E-state index in [0.29, 0.717) is 26.8 Å². The molecule has 1 aromatic heterocycles. The third-order valence-corrected chi connectivity index (χ3v) is 4.98. The zero-order chi connectivity index (χ0) is 19.4. The smallest absolute Gasteiger partial charge is 0.350 e. The number of esters is 1. The quantitative estimate of drug-likeness (QED) is 0.664. The molecule has 0 radical (unpaired) electrons. The Morgan fingerprint density at radius 2 is 1.89 bits per heavy atom. The maximum absolute atomic E-state index is 13.5. The summed E-state index contributed by atoms with van der Waals surface area (Å²) in [5, 5.41) is 3.20. The number of halogens is 1. The minimum Gasteiger partial charge on any atom is -0.451 e. The molecule has 0 fully saturated rings. The van der Waals surface area contributed by atoms with E-state index in [1.165, 1.54) is 17.4 Å². The molecule has 1 N–H and O–H groups in total. The van der Waals surface area contributed by atoms with Crippen LogP contribution < -0.4 is 5.32 Å². The normalized spacial score (nSPS) is 10.5. The van der Waals surface area contributed by atoms with Gasteiger partial charge in [-0.05, 0) is 31.5 Å². The van der Waals surface area contributed by atoms with Gasteiger partial charge in [0.15, 0.2) is 6.61 Å². The summed E-state index contributed by atoms with van der Waals surface area (Å²) in [4.78, 5) is 28.9. The van der Waals surface area contributed by atoms with Crippen molar-refractivity contribution in [2.45, 2.75) is 13.8 Å². The minimum absolute atomic E-state index is 0.305. The highest BCUT2D eigenvalue weighted by Gasteiger charge is 2.18. The van der Waals surface area contributed by atoms with E-state index in [1.807, 2.05) is 30.3 Å². The highest BCUT2D eigenvalue weighted by atomic mass is 32.1. The van der Waals surface area contributed by atoms with Crippen LogP contribution in [0.15, 0.2) is 48.5 Å². The summed E-state index contributed by atoms with van der Waals surface area (Å²) in [5.74, 6) is -1.58. The predicted octanol–water partition coefficient (Wildman–Crippen LogP) is 4.36. The number of ether oxygens (including phenoxy) is 1. The molecule has 2 aromatic carbocycles. The van der Waals surface area contributed by atoms with Crippen LogP contribution in [0.5, 0.6) is 0 Å². The first-order valence-electron chi connectivity index (χ1n) is 8.20. The summed E-state index contributed by atoms with van der Waals surface area (Å²) in [5.41, 5.74) is 2.24. The molecule has 138 valence electrons. The lowest BCUT2D eigenvalue weighted by Crippen LogP contribution is -2.21. The predicted molar refractivity (Wildman–Crippen MR) is 102 cm³/mol. The summed E-state index contributed by atoms with van der Waals surface area (Å²) in [7, 11) is 0. The molecule has 0 spiro atoms. The molecule has 27 heavy (non-hydrogen) atoms. The Morgan fingerprint density at radius 3 is 2.59 bits per heavy atom. The number of benzene rings is 2. The molecule has 0 aliphatic carbocycles. The third-order valence-electron chi connectivity index (χ3n) is 3.79. The highest BCUT2D eigenvalue weighted by molar-refractivity contribution is 7.17. The SMILES string of the molecule is Cc1ccc(NC(=O)COC(=O)c2sc(-c3ccccc3)nc2C)cc1F. The van der Waals surface area contributed by atoms with Gasteiger partial charge in [0.2, 0.25) is 0 Å². The Morgan fingerprint density at radius 1 is 1.15 bits per heavy atom. The van der Waals surface area contributed by atoms with E-state index in [-0.39, 0.29) is 0 Å². The van der Waals surface area contributed by atoms with E-state index in [9.17, 15) is 14.0 Å². The Hall–Kier alpha value is -3.06. The number of aromatic nitrogens is 1. The second-order valence-corrected chi connectivity index (χ2v) is 6.89. The molecule has 3 rings (SSSR count). The second-order valence-electron chi connectivity index (χ2n) is 5.89. The molecular formula is C20H17FN2O3S. The van der Waals surface area contributed by atoms with Crippen molar-refractivity contribution in [3.63, 3.8) is 0 Å². The van der Waals surface area contributed by atoms with E-state index in [0.717, 1.165) is 5.56 Å². The number of amides is 1. The van der Waals surface area contributed by atoms with E-state index in [4.69, 9.17) is 4.74 Å². The van der Waals surface area contributed by atoms with Crippen LogP contribution in [0.4, 0.5) is 10.1 Å². The van der Waals surface area contributed by atoms with E-state index in [2.05, 4.69) is 10.3 Å². The summed E-state index contributed by atoms with van der Waals surface area (Å²) in [6.07, 6.45) is 0. The highest BCUT2D eigenvalue weighted by Crippen LogP contribution is 2.28.